The third kappa shape index (κ3) is 5.70. The Morgan fingerprint density at radius 2 is 1.89 bits per heavy atom. The van der Waals surface area contributed by atoms with Crippen molar-refractivity contribution >= 4 is 51.7 Å². The minimum Gasteiger partial charge on any atom is -0.497 e. The third-order valence-corrected chi connectivity index (χ3v) is 7.58. The number of benzene rings is 3. The Morgan fingerprint density at radius 1 is 1.14 bits per heavy atom. The number of amides is 2. The second-order valence-corrected chi connectivity index (χ2v) is 10.5. The molecule has 1 N–H and O–H groups in total. The fourth-order valence-electron chi connectivity index (χ4n) is 4.24. The van der Waals surface area contributed by atoms with Crippen LogP contribution >= 0.6 is 23.4 Å². The summed E-state index contributed by atoms with van der Waals surface area (Å²) in [6.07, 6.45) is 0.633. The Bertz CT molecular complexity index is 1390. The number of aliphatic imine (C=N–C) groups is 1. The second kappa shape index (κ2) is 10.8. The minimum atomic E-state index is -0.610. The number of methoxy groups -OCH3 is 1. The van der Waals surface area contributed by atoms with Crippen LogP contribution in [0.4, 0.5) is 5.69 Å². The topological polar surface area (TPSA) is 83.4 Å². The first-order valence-electron chi connectivity index (χ1n) is 11.8. The molecular formula is C28H25ClN4O3S. The highest BCUT2D eigenvalue weighted by molar-refractivity contribution is 8.15. The molecule has 0 aliphatic carbocycles. The lowest BCUT2D eigenvalue weighted by Gasteiger charge is -2.23. The van der Waals surface area contributed by atoms with Gasteiger partial charge in [0, 0.05) is 23.6 Å². The van der Waals surface area contributed by atoms with E-state index in [1.165, 1.54) is 11.8 Å². The van der Waals surface area contributed by atoms with E-state index in [2.05, 4.69) is 10.3 Å². The molecule has 0 radical (unpaired) electrons. The first-order valence-corrected chi connectivity index (χ1v) is 13.1. The summed E-state index contributed by atoms with van der Waals surface area (Å²) in [5.41, 5.74) is 4.59. The highest BCUT2D eigenvalue weighted by Crippen LogP contribution is 2.39. The van der Waals surface area contributed by atoms with Crippen molar-refractivity contribution in [3.63, 3.8) is 0 Å². The number of hydrogen-bond acceptors (Lipinski definition) is 6. The predicted molar refractivity (Wildman–Crippen MR) is 148 cm³/mol. The van der Waals surface area contributed by atoms with Gasteiger partial charge in [-0.1, -0.05) is 53.2 Å². The molecule has 2 atom stereocenters. The Morgan fingerprint density at radius 3 is 2.59 bits per heavy atom. The van der Waals surface area contributed by atoms with E-state index in [0.29, 0.717) is 22.3 Å². The van der Waals surface area contributed by atoms with Crippen LogP contribution in [0.25, 0.3) is 0 Å². The van der Waals surface area contributed by atoms with E-state index in [-0.39, 0.29) is 24.3 Å². The lowest BCUT2D eigenvalue weighted by atomic mass is 9.98. The van der Waals surface area contributed by atoms with Gasteiger partial charge in [0.1, 0.15) is 11.0 Å². The molecular weight excluding hydrogens is 508 g/mol. The summed E-state index contributed by atoms with van der Waals surface area (Å²) in [6, 6.07) is 22.7. The number of amidine groups is 1. The standard InChI is InChI=1S/C28H25ClN4O3S/c1-17-6-10-21(11-7-17)30-26(34)16-25-27(35)31-28(37-25)33-24(19-4-3-5-20(29)14-19)15-23(32-33)18-8-12-22(36-2)13-9-18/h3-14,24-25H,15-16H2,1-2H3,(H,30,34)/t24-,25+/m1/s1. The number of nitrogens with zero attached hydrogens (tertiary/aromatic N) is 3. The zero-order valence-corrected chi connectivity index (χ0v) is 21.9. The van der Waals surface area contributed by atoms with Gasteiger partial charge in [-0.2, -0.15) is 10.1 Å². The van der Waals surface area contributed by atoms with Crippen LogP contribution in [0.15, 0.2) is 82.9 Å². The van der Waals surface area contributed by atoms with E-state index in [4.69, 9.17) is 21.4 Å². The maximum Gasteiger partial charge on any atom is 0.262 e. The van der Waals surface area contributed by atoms with Crippen molar-refractivity contribution in [3.05, 3.63) is 94.5 Å². The zero-order valence-electron chi connectivity index (χ0n) is 20.3. The molecule has 7 nitrogen and oxygen atoms in total. The van der Waals surface area contributed by atoms with E-state index in [0.717, 1.165) is 28.2 Å². The van der Waals surface area contributed by atoms with Crippen molar-refractivity contribution < 1.29 is 14.3 Å². The molecule has 0 fully saturated rings. The molecule has 0 aromatic heterocycles. The van der Waals surface area contributed by atoms with Crippen molar-refractivity contribution in [3.8, 4) is 5.75 Å². The van der Waals surface area contributed by atoms with Gasteiger partial charge in [0.25, 0.3) is 5.91 Å². The largest absolute Gasteiger partial charge is 0.497 e. The molecule has 2 aliphatic rings. The van der Waals surface area contributed by atoms with Gasteiger partial charge in [-0.05, 0) is 66.6 Å². The number of carbonyl (C=O) groups is 2. The highest BCUT2D eigenvalue weighted by Gasteiger charge is 2.39. The van der Waals surface area contributed by atoms with Gasteiger partial charge in [-0.25, -0.2) is 5.01 Å². The number of halogens is 1. The monoisotopic (exact) mass is 532 g/mol. The van der Waals surface area contributed by atoms with Gasteiger partial charge in [0.05, 0.1) is 18.9 Å². The summed E-state index contributed by atoms with van der Waals surface area (Å²) >= 11 is 7.56. The molecule has 2 amide bonds. The van der Waals surface area contributed by atoms with Crippen LogP contribution in [0, 0.1) is 6.92 Å². The number of aryl methyl sites for hydroxylation is 1. The number of anilines is 1. The Labute approximate surface area is 224 Å². The number of hydrogen-bond donors (Lipinski definition) is 1. The number of thioether (sulfide) groups is 1. The van der Waals surface area contributed by atoms with E-state index in [1.54, 1.807) is 12.1 Å². The van der Waals surface area contributed by atoms with Crippen molar-refractivity contribution in [1.29, 1.82) is 0 Å². The van der Waals surface area contributed by atoms with E-state index < -0.39 is 5.25 Å². The molecule has 188 valence electrons. The maximum atomic E-state index is 12.8. The molecule has 2 aliphatic heterocycles. The second-order valence-electron chi connectivity index (χ2n) is 8.85. The van der Waals surface area contributed by atoms with E-state index in [1.807, 2.05) is 79.7 Å². The molecule has 9 heteroatoms. The van der Waals surface area contributed by atoms with Gasteiger partial charge >= 0.3 is 0 Å². The van der Waals surface area contributed by atoms with E-state index >= 15 is 0 Å². The minimum absolute atomic E-state index is 0.0229. The Kier molecular flexibility index (Phi) is 7.30. The average molecular weight is 533 g/mol. The number of ether oxygens (including phenoxy) is 1. The van der Waals surface area contributed by atoms with E-state index in [9.17, 15) is 9.59 Å². The first-order chi connectivity index (χ1) is 17.9. The third-order valence-electron chi connectivity index (χ3n) is 6.20. The summed E-state index contributed by atoms with van der Waals surface area (Å²) in [6.45, 7) is 1.98. The van der Waals surface area contributed by atoms with Crippen molar-refractivity contribution in [2.75, 3.05) is 12.4 Å². The highest BCUT2D eigenvalue weighted by atomic mass is 35.5. The Hall–Kier alpha value is -3.62. The molecule has 2 heterocycles. The van der Waals surface area contributed by atoms with Gasteiger partial charge in [0.2, 0.25) is 5.91 Å². The molecule has 3 aromatic rings. The summed E-state index contributed by atoms with van der Waals surface area (Å²) in [5.74, 6) is 0.192. The summed E-state index contributed by atoms with van der Waals surface area (Å²) in [5, 5.41) is 10.0. The number of rotatable bonds is 6. The lowest BCUT2D eigenvalue weighted by molar-refractivity contribution is -0.121. The smallest absolute Gasteiger partial charge is 0.262 e. The summed E-state index contributed by atoms with van der Waals surface area (Å²) < 4.78 is 5.28. The van der Waals surface area contributed by atoms with Gasteiger partial charge < -0.3 is 10.1 Å². The molecule has 0 spiro atoms. The van der Waals surface area contributed by atoms with Crippen molar-refractivity contribution in [2.45, 2.75) is 31.1 Å². The molecule has 0 unspecified atom stereocenters. The van der Waals surface area contributed by atoms with Crippen molar-refractivity contribution in [1.82, 2.24) is 5.01 Å². The lowest BCUT2D eigenvalue weighted by Crippen LogP contribution is -2.25. The summed E-state index contributed by atoms with van der Waals surface area (Å²) in [7, 11) is 1.63. The fourth-order valence-corrected chi connectivity index (χ4v) is 5.50. The van der Waals surface area contributed by atoms with Gasteiger partial charge in [-0.3, -0.25) is 9.59 Å². The first kappa shape index (κ1) is 25.0. The molecule has 0 saturated carbocycles. The average Bonchev–Trinajstić information content (AvgIpc) is 3.49. The zero-order chi connectivity index (χ0) is 25.9. The predicted octanol–water partition coefficient (Wildman–Crippen LogP) is 5.83. The quantitative estimate of drug-likeness (QED) is 0.431. The van der Waals surface area contributed by atoms with Crippen LogP contribution in [0.2, 0.25) is 5.02 Å². The van der Waals surface area contributed by atoms with Gasteiger partial charge in [-0.15, -0.1) is 0 Å². The van der Waals surface area contributed by atoms with Crippen molar-refractivity contribution in [2.24, 2.45) is 10.1 Å². The van der Waals surface area contributed by atoms with Crippen LogP contribution in [0.5, 0.6) is 5.75 Å². The molecule has 3 aromatic carbocycles. The van der Waals surface area contributed by atoms with Crippen LogP contribution in [-0.2, 0) is 9.59 Å². The number of nitrogens with one attached hydrogen (secondary N) is 1. The molecule has 0 bridgehead atoms. The van der Waals surface area contributed by atoms with Crippen LogP contribution in [0.1, 0.15) is 35.6 Å². The normalized spacial score (nSPS) is 19.0. The summed E-state index contributed by atoms with van der Waals surface area (Å²) in [4.78, 5) is 29.7. The number of carbonyl (C=O) groups excluding carboxylic acids is 2. The van der Waals surface area contributed by atoms with Crippen LogP contribution < -0.4 is 10.1 Å². The number of hydrazone groups is 1. The fraction of sp³-hybridized carbons (Fsp3) is 0.214. The van der Waals surface area contributed by atoms with Crippen LogP contribution in [-0.4, -0.2) is 40.1 Å². The Balaban J connectivity index is 1.35. The SMILES string of the molecule is COc1ccc(C2=NN(C3=NC(=O)[C@H](CC(=O)Nc4ccc(C)cc4)S3)[C@@H](c3cccc(Cl)c3)C2)cc1. The molecule has 0 saturated heterocycles. The van der Waals surface area contributed by atoms with Gasteiger partial charge in [0.15, 0.2) is 5.17 Å². The maximum absolute atomic E-state index is 12.8. The molecule has 5 rings (SSSR count). The van der Waals surface area contributed by atoms with Crippen LogP contribution in [0.3, 0.4) is 0 Å². The molecule has 37 heavy (non-hydrogen) atoms.